The Kier molecular flexibility index (Phi) is 6.69. The summed E-state index contributed by atoms with van der Waals surface area (Å²) in [6.45, 7) is 1.55. The molecule has 160 valence electrons. The first-order valence-electron chi connectivity index (χ1n) is 9.85. The lowest BCUT2D eigenvalue weighted by molar-refractivity contribution is -0.0391. The molecule has 0 aromatic heterocycles. The van der Waals surface area contributed by atoms with Crippen LogP contribution in [-0.2, 0) is 20.8 Å². The minimum atomic E-state index is -0.106. The van der Waals surface area contributed by atoms with E-state index in [-0.39, 0.29) is 24.4 Å². The van der Waals surface area contributed by atoms with Gasteiger partial charge in [0, 0.05) is 23.9 Å². The molecule has 2 aliphatic heterocycles. The number of thiocarbonyl (C=S) groups is 1. The van der Waals surface area contributed by atoms with Crippen molar-refractivity contribution in [3.8, 4) is 11.5 Å². The van der Waals surface area contributed by atoms with Gasteiger partial charge < -0.3 is 34.3 Å². The van der Waals surface area contributed by atoms with E-state index in [2.05, 4.69) is 10.6 Å². The number of anilines is 1. The van der Waals surface area contributed by atoms with Gasteiger partial charge in [0.15, 0.2) is 5.11 Å². The van der Waals surface area contributed by atoms with Crippen molar-refractivity contribution in [2.75, 3.05) is 32.8 Å². The van der Waals surface area contributed by atoms with Crippen molar-refractivity contribution < 1.29 is 23.7 Å². The molecule has 0 unspecified atom stereocenters. The van der Waals surface area contributed by atoms with Gasteiger partial charge in [0.05, 0.1) is 40.1 Å². The summed E-state index contributed by atoms with van der Waals surface area (Å²) >= 11 is 5.49. The molecule has 2 aromatic rings. The lowest BCUT2D eigenvalue weighted by Crippen LogP contribution is -2.45. The summed E-state index contributed by atoms with van der Waals surface area (Å²) in [4.78, 5) is 0. The third-order valence-electron chi connectivity index (χ3n) is 5.24. The molecule has 2 aromatic carbocycles. The molecule has 2 fully saturated rings. The zero-order chi connectivity index (χ0) is 20.9. The molecule has 0 saturated carbocycles. The lowest BCUT2D eigenvalue weighted by atomic mass is 10.1. The van der Waals surface area contributed by atoms with Crippen LogP contribution in [0.2, 0.25) is 0 Å². The smallest absolute Gasteiger partial charge is 0.171 e. The Morgan fingerprint density at radius 3 is 2.40 bits per heavy atom. The summed E-state index contributed by atoms with van der Waals surface area (Å²) < 4.78 is 28.6. The number of methoxy groups -OCH3 is 2. The average Bonchev–Trinajstić information content (AvgIpc) is 3.35. The number of fused-ring (bicyclic) bond motifs is 1. The Morgan fingerprint density at radius 1 is 1.00 bits per heavy atom. The van der Waals surface area contributed by atoms with Crippen molar-refractivity contribution in [2.24, 2.45) is 0 Å². The van der Waals surface area contributed by atoms with Gasteiger partial charge in [-0.05, 0) is 17.8 Å². The van der Waals surface area contributed by atoms with Gasteiger partial charge in [-0.25, -0.2) is 0 Å². The van der Waals surface area contributed by atoms with E-state index in [1.54, 1.807) is 20.3 Å². The highest BCUT2D eigenvalue weighted by Gasteiger charge is 2.48. The monoisotopic (exact) mass is 430 g/mol. The second-order valence-electron chi connectivity index (χ2n) is 7.24. The van der Waals surface area contributed by atoms with E-state index in [0.29, 0.717) is 36.4 Å². The van der Waals surface area contributed by atoms with Crippen molar-refractivity contribution in [1.82, 2.24) is 5.32 Å². The van der Waals surface area contributed by atoms with Crippen LogP contribution in [0, 0.1) is 0 Å². The summed E-state index contributed by atoms with van der Waals surface area (Å²) in [7, 11) is 3.22. The van der Waals surface area contributed by atoms with Crippen LogP contribution in [-0.4, -0.2) is 56.9 Å². The third kappa shape index (κ3) is 4.84. The maximum Gasteiger partial charge on any atom is 0.171 e. The zero-order valence-electron chi connectivity index (χ0n) is 17.0. The summed E-state index contributed by atoms with van der Waals surface area (Å²) in [6, 6.07) is 15.6. The molecule has 2 heterocycles. The predicted octanol–water partition coefficient (Wildman–Crippen LogP) is 2.74. The number of benzene rings is 2. The largest absolute Gasteiger partial charge is 0.497 e. The van der Waals surface area contributed by atoms with Crippen molar-refractivity contribution in [3.63, 3.8) is 0 Å². The molecule has 0 spiro atoms. The van der Waals surface area contributed by atoms with E-state index < -0.39 is 0 Å². The molecule has 0 aliphatic carbocycles. The van der Waals surface area contributed by atoms with E-state index in [1.807, 2.05) is 42.5 Å². The SMILES string of the molecule is COc1cc(NC(=S)N[C@@H]2CO[C@@H]3[C@@H]2OC[C@H]3OCc2ccccc2)cc(OC)c1. The first-order valence-corrected chi connectivity index (χ1v) is 10.3. The summed E-state index contributed by atoms with van der Waals surface area (Å²) in [5.74, 6) is 1.36. The Labute approximate surface area is 181 Å². The number of hydrogen-bond donors (Lipinski definition) is 2. The first kappa shape index (κ1) is 20.9. The number of hydrogen-bond acceptors (Lipinski definition) is 6. The highest BCUT2D eigenvalue weighted by Crippen LogP contribution is 2.30. The fourth-order valence-electron chi connectivity index (χ4n) is 3.72. The molecule has 8 heteroatoms. The average molecular weight is 431 g/mol. The van der Waals surface area contributed by atoms with Gasteiger partial charge in [0.25, 0.3) is 0 Å². The number of rotatable bonds is 7. The Morgan fingerprint density at radius 2 is 1.70 bits per heavy atom. The molecule has 0 radical (unpaired) electrons. The van der Waals surface area contributed by atoms with Crippen LogP contribution in [0.5, 0.6) is 11.5 Å². The topological polar surface area (TPSA) is 70.2 Å². The van der Waals surface area contributed by atoms with Crippen molar-refractivity contribution in [3.05, 3.63) is 54.1 Å². The second kappa shape index (κ2) is 9.61. The number of ether oxygens (including phenoxy) is 5. The molecular formula is C22H26N2O5S. The maximum absolute atomic E-state index is 6.05. The van der Waals surface area contributed by atoms with Crippen LogP contribution >= 0.6 is 12.2 Å². The molecule has 2 saturated heterocycles. The number of nitrogens with one attached hydrogen (secondary N) is 2. The molecular weight excluding hydrogens is 404 g/mol. The second-order valence-corrected chi connectivity index (χ2v) is 7.65. The fraction of sp³-hybridized carbons (Fsp3) is 0.409. The van der Waals surface area contributed by atoms with Crippen LogP contribution in [0.25, 0.3) is 0 Å². The van der Waals surface area contributed by atoms with Crippen LogP contribution in [0.15, 0.2) is 48.5 Å². The van der Waals surface area contributed by atoms with Gasteiger partial charge in [-0.1, -0.05) is 30.3 Å². The maximum atomic E-state index is 6.05. The molecule has 2 aliphatic rings. The van der Waals surface area contributed by atoms with Gasteiger partial charge in [0.2, 0.25) is 0 Å². The summed E-state index contributed by atoms with van der Waals surface area (Å²) in [6.07, 6.45) is -0.303. The molecule has 0 bridgehead atoms. The van der Waals surface area contributed by atoms with E-state index in [4.69, 9.17) is 35.9 Å². The van der Waals surface area contributed by atoms with Crippen LogP contribution in [0.3, 0.4) is 0 Å². The summed E-state index contributed by atoms with van der Waals surface area (Å²) in [5.41, 5.74) is 1.91. The molecule has 7 nitrogen and oxygen atoms in total. The van der Waals surface area contributed by atoms with Crippen LogP contribution < -0.4 is 20.1 Å². The summed E-state index contributed by atoms with van der Waals surface area (Å²) in [5, 5.41) is 6.96. The predicted molar refractivity (Wildman–Crippen MR) is 117 cm³/mol. The van der Waals surface area contributed by atoms with E-state index in [9.17, 15) is 0 Å². The molecule has 4 atom stereocenters. The molecule has 2 N–H and O–H groups in total. The Balaban J connectivity index is 1.30. The minimum absolute atomic E-state index is 0.0483. The molecule has 4 rings (SSSR count). The van der Waals surface area contributed by atoms with Crippen molar-refractivity contribution in [1.29, 1.82) is 0 Å². The van der Waals surface area contributed by atoms with E-state index in [1.165, 1.54) is 0 Å². The third-order valence-corrected chi connectivity index (χ3v) is 5.46. The van der Waals surface area contributed by atoms with Crippen LogP contribution in [0.1, 0.15) is 5.56 Å². The zero-order valence-corrected chi connectivity index (χ0v) is 17.8. The fourth-order valence-corrected chi connectivity index (χ4v) is 3.99. The highest BCUT2D eigenvalue weighted by atomic mass is 32.1. The van der Waals surface area contributed by atoms with Gasteiger partial charge >= 0.3 is 0 Å². The molecule has 0 amide bonds. The highest BCUT2D eigenvalue weighted by molar-refractivity contribution is 7.80. The van der Waals surface area contributed by atoms with Crippen LogP contribution in [0.4, 0.5) is 5.69 Å². The Bertz CT molecular complexity index is 844. The minimum Gasteiger partial charge on any atom is -0.497 e. The van der Waals surface area contributed by atoms with Gasteiger partial charge in [-0.2, -0.15) is 0 Å². The first-order chi connectivity index (χ1) is 14.7. The van der Waals surface area contributed by atoms with Gasteiger partial charge in [0.1, 0.15) is 29.8 Å². The normalized spacial score (nSPS) is 24.9. The van der Waals surface area contributed by atoms with Crippen molar-refractivity contribution in [2.45, 2.75) is 31.0 Å². The standard InChI is InChI=1S/C22H26N2O5S/c1-25-16-8-15(9-17(10-16)26-2)23-22(30)24-18-12-28-21-19(13-29-20(18)21)27-11-14-6-4-3-5-7-14/h3-10,18-21H,11-13H2,1-2H3,(H2,23,24,30)/t18-,19-,20-,21+/m1/s1. The van der Waals surface area contributed by atoms with E-state index >= 15 is 0 Å². The van der Waals surface area contributed by atoms with Gasteiger partial charge in [-0.15, -0.1) is 0 Å². The van der Waals surface area contributed by atoms with Gasteiger partial charge in [-0.3, -0.25) is 0 Å². The Hall–Kier alpha value is -2.39. The lowest BCUT2D eigenvalue weighted by Gasteiger charge is -2.20. The van der Waals surface area contributed by atoms with Crippen molar-refractivity contribution >= 4 is 23.0 Å². The van der Waals surface area contributed by atoms with E-state index in [0.717, 1.165) is 11.3 Å². The molecule has 30 heavy (non-hydrogen) atoms. The quantitative estimate of drug-likeness (QED) is 0.650.